The number of nitrogens with one attached hydrogen (secondary N) is 1. The molecule has 5 heteroatoms. The lowest BCUT2D eigenvalue weighted by atomic mass is 10.2. The highest BCUT2D eigenvalue weighted by molar-refractivity contribution is 5.61. The first-order valence-electron chi connectivity index (χ1n) is 7.00. The van der Waals surface area contributed by atoms with Gasteiger partial charge in [0.25, 0.3) is 0 Å². The molecule has 3 rings (SSSR count). The minimum absolute atomic E-state index is 0.283. The van der Waals surface area contributed by atoms with Gasteiger partial charge in [0.2, 0.25) is 0 Å². The van der Waals surface area contributed by atoms with E-state index in [-0.39, 0.29) is 11.6 Å². The Labute approximate surface area is 122 Å². The van der Waals surface area contributed by atoms with Gasteiger partial charge in [-0.15, -0.1) is 0 Å². The molecule has 0 atom stereocenters. The summed E-state index contributed by atoms with van der Waals surface area (Å²) in [6.45, 7) is 0.580. The molecule has 1 fully saturated rings. The molecule has 1 aliphatic carbocycles. The van der Waals surface area contributed by atoms with Crippen molar-refractivity contribution in [2.45, 2.75) is 25.4 Å². The lowest BCUT2D eigenvalue weighted by Crippen LogP contribution is -2.20. The molecule has 0 bridgehead atoms. The van der Waals surface area contributed by atoms with Crippen molar-refractivity contribution in [1.82, 2.24) is 10.3 Å². The molecule has 0 amide bonds. The summed E-state index contributed by atoms with van der Waals surface area (Å²) in [6, 6.07) is 8.20. The molecule has 110 valence electrons. The molecule has 1 aromatic carbocycles. The number of nitrogens with zero attached hydrogens (tertiary/aromatic N) is 2. The fourth-order valence-electron chi connectivity index (χ4n) is 2.23. The smallest absolute Gasteiger partial charge is 0.141 e. The Kier molecular flexibility index (Phi) is 3.84. The molecule has 2 aromatic rings. The predicted molar refractivity (Wildman–Crippen MR) is 78.5 cm³/mol. The molecule has 0 unspecified atom stereocenters. The average Bonchev–Trinajstić information content (AvgIpc) is 3.29. The highest BCUT2D eigenvalue weighted by Gasteiger charge is 2.21. The first-order valence-corrected chi connectivity index (χ1v) is 7.00. The van der Waals surface area contributed by atoms with Crippen LogP contribution < -0.4 is 10.2 Å². The minimum Gasteiger partial charge on any atom is -0.329 e. The second-order valence-corrected chi connectivity index (χ2v) is 5.33. The number of rotatable bonds is 5. The molecule has 1 heterocycles. The average molecular weight is 289 g/mol. The molecular weight excluding hydrogens is 272 g/mol. The second-order valence-electron chi connectivity index (χ2n) is 5.33. The van der Waals surface area contributed by atoms with E-state index in [0.717, 1.165) is 11.3 Å². The van der Waals surface area contributed by atoms with Crippen molar-refractivity contribution in [3.05, 3.63) is 53.7 Å². The van der Waals surface area contributed by atoms with Crippen LogP contribution in [-0.4, -0.2) is 18.1 Å². The van der Waals surface area contributed by atoms with Gasteiger partial charge < -0.3 is 10.2 Å². The summed E-state index contributed by atoms with van der Waals surface area (Å²) < 4.78 is 26.5. The normalized spacial score (nSPS) is 14.2. The third kappa shape index (κ3) is 3.36. The molecule has 0 spiro atoms. The Morgan fingerprint density at radius 2 is 1.90 bits per heavy atom. The molecule has 1 saturated carbocycles. The van der Waals surface area contributed by atoms with Gasteiger partial charge in [-0.25, -0.2) is 13.8 Å². The van der Waals surface area contributed by atoms with Gasteiger partial charge in [-0.2, -0.15) is 0 Å². The van der Waals surface area contributed by atoms with Crippen molar-refractivity contribution in [2.75, 3.05) is 11.9 Å². The topological polar surface area (TPSA) is 28.2 Å². The van der Waals surface area contributed by atoms with E-state index in [1.807, 2.05) is 11.9 Å². The zero-order valence-electron chi connectivity index (χ0n) is 11.8. The van der Waals surface area contributed by atoms with Gasteiger partial charge in [0.15, 0.2) is 0 Å². The maximum atomic E-state index is 13.4. The summed E-state index contributed by atoms with van der Waals surface area (Å²) in [5.74, 6) is 0.0462. The van der Waals surface area contributed by atoms with Crippen LogP contribution in [0.5, 0.6) is 0 Å². The predicted octanol–water partition coefficient (Wildman–Crippen LogP) is 3.38. The van der Waals surface area contributed by atoms with Crippen LogP contribution in [0.25, 0.3) is 0 Å². The van der Waals surface area contributed by atoms with Crippen LogP contribution in [0.2, 0.25) is 0 Å². The van der Waals surface area contributed by atoms with Gasteiger partial charge >= 0.3 is 0 Å². The molecule has 1 aromatic heterocycles. The van der Waals surface area contributed by atoms with Crippen molar-refractivity contribution < 1.29 is 8.78 Å². The summed E-state index contributed by atoms with van der Waals surface area (Å²) >= 11 is 0. The summed E-state index contributed by atoms with van der Waals surface area (Å²) in [7, 11) is 1.84. The van der Waals surface area contributed by atoms with Crippen molar-refractivity contribution in [2.24, 2.45) is 0 Å². The van der Waals surface area contributed by atoms with Crippen molar-refractivity contribution >= 4 is 11.5 Å². The molecule has 0 radical (unpaired) electrons. The summed E-state index contributed by atoms with van der Waals surface area (Å²) in [5.41, 5.74) is 1.61. The van der Waals surface area contributed by atoms with E-state index >= 15 is 0 Å². The zero-order chi connectivity index (χ0) is 14.8. The Hall–Kier alpha value is -2.01. The molecule has 0 saturated heterocycles. The quantitative estimate of drug-likeness (QED) is 0.914. The van der Waals surface area contributed by atoms with E-state index in [4.69, 9.17) is 0 Å². The van der Waals surface area contributed by atoms with Crippen molar-refractivity contribution in [3.63, 3.8) is 0 Å². The number of anilines is 2. The van der Waals surface area contributed by atoms with Crippen LogP contribution in [0.4, 0.5) is 20.3 Å². The molecule has 21 heavy (non-hydrogen) atoms. The van der Waals surface area contributed by atoms with Crippen LogP contribution in [-0.2, 0) is 6.54 Å². The number of halogens is 2. The summed E-state index contributed by atoms with van der Waals surface area (Å²) in [4.78, 5) is 6.03. The maximum absolute atomic E-state index is 13.4. The fraction of sp³-hybridized carbons (Fsp3) is 0.312. The molecule has 3 nitrogen and oxygen atoms in total. The Morgan fingerprint density at radius 3 is 2.57 bits per heavy atom. The van der Waals surface area contributed by atoms with E-state index < -0.39 is 0 Å². The van der Waals surface area contributed by atoms with Crippen LogP contribution >= 0.6 is 0 Å². The van der Waals surface area contributed by atoms with Gasteiger partial charge in [-0.3, -0.25) is 0 Å². The van der Waals surface area contributed by atoms with E-state index in [9.17, 15) is 8.78 Å². The monoisotopic (exact) mass is 289 g/mol. The molecular formula is C16H17F2N3. The Morgan fingerprint density at radius 1 is 1.19 bits per heavy atom. The first kappa shape index (κ1) is 13.9. The van der Waals surface area contributed by atoms with Crippen LogP contribution in [0, 0.1) is 11.6 Å². The van der Waals surface area contributed by atoms with Crippen LogP contribution in [0.1, 0.15) is 18.4 Å². The Bertz CT molecular complexity index is 624. The molecule has 0 aliphatic heterocycles. The van der Waals surface area contributed by atoms with Gasteiger partial charge in [0, 0.05) is 30.9 Å². The van der Waals surface area contributed by atoms with E-state index in [2.05, 4.69) is 10.3 Å². The SMILES string of the molecule is CN(c1ccc(F)cc1)c1ncc(F)cc1CNC1CC1. The van der Waals surface area contributed by atoms with Gasteiger partial charge in [0.1, 0.15) is 17.5 Å². The summed E-state index contributed by atoms with van der Waals surface area (Å²) in [6.07, 6.45) is 3.55. The largest absolute Gasteiger partial charge is 0.329 e. The van der Waals surface area contributed by atoms with Crippen molar-refractivity contribution in [3.8, 4) is 0 Å². The van der Waals surface area contributed by atoms with Gasteiger partial charge in [-0.05, 0) is 43.2 Å². The van der Waals surface area contributed by atoms with Crippen LogP contribution in [0.15, 0.2) is 36.5 Å². The van der Waals surface area contributed by atoms with Gasteiger partial charge in [0.05, 0.1) is 6.20 Å². The molecule has 1 N–H and O–H groups in total. The number of aromatic nitrogens is 1. The maximum Gasteiger partial charge on any atom is 0.141 e. The van der Waals surface area contributed by atoms with Crippen LogP contribution in [0.3, 0.4) is 0 Å². The second kappa shape index (κ2) is 5.77. The zero-order valence-corrected chi connectivity index (χ0v) is 11.8. The Balaban J connectivity index is 1.86. The third-order valence-corrected chi connectivity index (χ3v) is 3.60. The van der Waals surface area contributed by atoms with E-state index in [0.29, 0.717) is 18.4 Å². The van der Waals surface area contributed by atoms with E-state index in [1.54, 1.807) is 12.1 Å². The lowest BCUT2D eigenvalue weighted by molar-refractivity contribution is 0.612. The van der Waals surface area contributed by atoms with E-state index in [1.165, 1.54) is 37.2 Å². The minimum atomic E-state index is -0.348. The lowest BCUT2D eigenvalue weighted by Gasteiger charge is -2.21. The number of pyridine rings is 1. The highest BCUT2D eigenvalue weighted by Crippen LogP contribution is 2.27. The summed E-state index contributed by atoms with van der Waals surface area (Å²) in [5, 5.41) is 3.36. The van der Waals surface area contributed by atoms with Crippen molar-refractivity contribution in [1.29, 1.82) is 0 Å². The molecule has 1 aliphatic rings. The van der Waals surface area contributed by atoms with Gasteiger partial charge in [-0.1, -0.05) is 0 Å². The number of benzene rings is 1. The number of hydrogen-bond donors (Lipinski definition) is 1. The standard InChI is InChI=1S/C16H17F2N3/c1-21(15-6-2-12(17)3-7-15)16-11(8-13(18)10-20-16)9-19-14-4-5-14/h2-3,6-8,10,14,19H,4-5,9H2,1H3. The highest BCUT2D eigenvalue weighted by atomic mass is 19.1. The third-order valence-electron chi connectivity index (χ3n) is 3.60. The number of hydrogen-bond acceptors (Lipinski definition) is 3. The first-order chi connectivity index (χ1) is 10.1. The fourth-order valence-corrected chi connectivity index (χ4v) is 2.23.